The highest BCUT2D eigenvalue weighted by molar-refractivity contribution is 5.99. The summed E-state index contributed by atoms with van der Waals surface area (Å²) in [5, 5.41) is 9.29. The summed E-state index contributed by atoms with van der Waals surface area (Å²) in [5.74, 6) is -3.05. The molecule has 0 saturated carbocycles. The van der Waals surface area contributed by atoms with E-state index in [9.17, 15) is 24.3 Å². The Hall–Kier alpha value is -3.50. The molecule has 2 saturated heterocycles. The van der Waals surface area contributed by atoms with Crippen LogP contribution in [0.25, 0.3) is 0 Å². The first-order chi connectivity index (χ1) is 21.1. The summed E-state index contributed by atoms with van der Waals surface area (Å²) in [6.45, 7) is 6.40. The second kappa shape index (κ2) is 13.2. The van der Waals surface area contributed by atoms with E-state index in [1.54, 1.807) is 27.8 Å². The number of likely N-dealkylation sites (N-methyl/N-ethyl adjacent to an activating group) is 1. The SMILES string of the molecule is CC(C)N1C/C=C\CCC(=O)N(C)[C@@H](C)[C@H](c2ccccc2)OC(=O)[C@@H]2[C@H]3C(=O)N(CCCCCO)[C@H](C1=O)[C@]31C=C[C@H]2O1. The Morgan fingerprint density at radius 3 is 2.48 bits per heavy atom. The lowest BCUT2D eigenvalue weighted by Crippen LogP contribution is -2.57. The maximum atomic E-state index is 14.4. The van der Waals surface area contributed by atoms with Gasteiger partial charge in [-0.2, -0.15) is 0 Å². The predicted octanol–water partition coefficient (Wildman–Crippen LogP) is 3.02. The van der Waals surface area contributed by atoms with Gasteiger partial charge in [-0.3, -0.25) is 19.2 Å². The Labute approximate surface area is 259 Å². The third-order valence-corrected chi connectivity index (χ3v) is 9.65. The number of carbonyl (C=O) groups excluding carboxylic acids is 4. The number of hydrogen-bond donors (Lipinski definition) is 1. The van der Waals surface area contributed by atoms with Gasteiger partial charge in [-0.05, 0) is 52.0 Å². The number of unbranched alkanes of at least 4 members (excludes halogenated alkanes) is 2. The number of ether oxygens (including phenoxy) is 2. The molecule has 10 heteroatoms. The maximum Gasteiger partial charge on any atom is 0.313 e. The number of benzene rings is 1. The minimum absolute atomic E-state index is 0.0551. The molecule has 10 nitrogen and oxygen atoms in total. The molecule has 44 heavy (non-hydrogen) atoms. The second-order valence-electron chi connectivity index (χ2n) is 12.6. The van der Waals surface area contributed by atoms with Gasteiger partial charge < -0.3 is 29.3 Å². The molecule has 1 spiro atoms. The van der Waals surface area contributed by atoms with Crippen molar-refractivity contribution in [1.29, 1.82) is 0 Å². The highest BCUT2D eigenvalue weighted by Crippen LogP contribution is 2.56. The number of rotatable bonds is 7. The highest BCUT2D eigenvalue weighted by Gasteiger charge is 2.73. The molecule has 5 rings (SSSR count). The monoisotopic (exact) mass is 607 g/mol. The van der Waals surface area contributed by atoms with E-state index in [0.717, 1.165) is 5.56 Å². The van der Waals surface area contributed by atoms with E-state index >= 15 is 0 Å². The summed E-state index contributed by atoms with van der Waals surface area (Å²) in [7, 11) is 1.71. The number of likely N-dealkylation sites (tertiary alicyclic amines) is 1. The van der Waals surface area contributed by atoms with Gasteiger partial charge in [0, 0.05) is 39.2 Å². The van der Waals surface area contributed by atoms with Crippen molar-refractivity contribution in [1.82, 2.24) is 14.7 Å². The third kappa shape index (κ3) is 5.70. The molecule has 2 fully saturated rings. The summed E-state index contributed by atoms with van der Waals surface area (Å²) in [5.41, 5.74) is -0.547. The van der Waals surface area contributed by atoms with Gasteiger partial charge >= 0.3 is 5.97 Å². The number of esters is 1. The number of nitrogens with zero attached hydrogens (tertiary/aromatic N) is 3. The van der Waals surface area contributed by atoms with E-state index in [4.69, 9.17) is 9.47 Å². The van der Waals surface area contributed by atoms with Crippen LogP contribution in [0.5, 0.6) is 0 Å². The standard InChI is InChI=1S/C34H45N3O7/c1-22(2)36-19-11-6-10-16-26(39)35(4)23(3)29(24-14-8-5-9-15-24)43-33(42)27-25-17-18-34(44-25)28(27)31(40)37(30(34)32(36)41)20-12-7-13-21-38/h5-6,8-9,11,14-15,17-18,22-23,25,27-30,38H,7,10,12-13,16,19-21H2,1-4H3/b11-6-/t23-,25+,27-,28-,29+,30+,34-/m0/s1. The number of amides is 3. The average molecular weight is 608 g/mol. The Balaban J connectivity index is 1.57. The van der Waals surface area contributed by atoms with Crippen molar-refractivity contribution >= 4 is 23.7 Å². The van der Waals surface area contributed by atoms with Gasteiger partial charge in [0.1, 0.15) is 23.7 Å². The normalized spacial score (nSPS) is 33.4. The number of cyclic esters (lactones) is 1. The fraction of sp³-hybridized carbons (Fsp3) is 0.588. The molecule has 7 atom stereocenters. The molecule has 5 bridgehead atoms. The molecule has 3 amide bonds. The molecule has 0 radical (unpaired) electrons. The Morgan fingerprint density at radius 2 is 1.77 bits per heavy atom. The first-order valence-electron chi connectivity index (χ1n) is 15.9. The maximum absolute atomic E-state index is 14.4. The van der Waals surface area contributed by atoms with Crippen LogP contribution in [0.2, 0.25) is 0 Å². The summed E-state index contributed by atoms with van der Waals surface area (Å²) < 4.78 is 12.8. The van der Waals surface area contributed by atoms with Crippen LogP contribution in [-0.4, -0.2) is 100 Å². The van der Waals surface area contributed by atoms with Crippen LogP contribution >= 0.6 is 0 Å². The number of carbonyl (C=O) groups is 4. The molecule has 1 N–H and O–H groups in total. The number of hydrogen-bond acceptors (Lipinski definition) is 7. The zero-order chi connectivity index (χ0) is 31.6. The molecule has 1 aromatic carbocycles. The van der Waals surface area contributed by atoms with Crippen molar-refractivity contribution in [2.45, 2.75) is 88.8 Å². The lowest BCUT2D eigenvalue weighted by atomic mass is 9.74. The van der Waals surface area contributed by atoms with Crippen molar-refractivity contribution in [3.8, 4) is 0 Å². The zero-order valence-electron chi connectivity index (χ0n) is 26.1. The fourth-order valence-electron chi connectivity index (χ4n) is 7.15. The lowest BCUT2D eigenvalue weighted by Gasteiger charge is -2.37. The molecule has 238 valence electrons. The van der Waals surface area contributed by atoms with Crippen molar-refractivity contribution in [3.63, 3.8) is 0 Å². The topological polar surface area (TPSA) is 117 Å². The average Bonchev–Trinajstić information content (AvgIpc) is 3.65. The van der Waals surface area contributed by atoms with Gasteiger partial charge in [-0.1, -0.05) is 54.6 Å². The molecule has 0 unspecified atom stereocenters. The molecule has 0 aromatic heterocycles. The summed E-state index contributed by atoms with van der Waals surface area (Å²) >= 11 is 0. The number of aliphatic hydroxyl groups excluding tert-OH is 1. The van der Waals surface area contributed by atoms with Crippen molar-refractivity contribution in [2.75, 3.05) is 26.7 Å². The summed E-state index contributed by atoms with van der Waals surface area (Å²) in [6.07, 6.45) is 8.59. The third-order valence-electron chi connectivity index (χ3n) is 9.65. The minimum atomic E-state index is -1.29. The summed E-state index contributed by atoms with van der Waals surface area (Å²) in [4.78, 5) is 61.0. The highest BCUT2D eigenvalue weighted by atomic mass is 16.6. The molecule has 4 aliphatic rings. The van der Waals surface area contributed by atoms with Crippen LogP contribution in [0.15, 0.2) is 54.6 Å². The van der Waals surface area contributed by atoms with Crippen LogP contribution in [0.4, 0.5) is 0 Å². The molecule has 4 aliphatic heterocycles. The van der Waals surface area contributed by atoms with E-state index in [0.29, 0.717) is 38.8 Å². The van der Waals surface area contributed by atoms with Crippen LogP contribution < -0.4 is 0 Å². The van der Waals surface area contributed by atoms with Crippen LogP contribution in [0.3, 0.4) is 0 Å². The Bertz CT molecular complexity index is 1300. The van der Waals surface area contributed by atoms with Crippen LogP contribution in [-0.2, 0) is 28.7 Å². The number of allylic oxidation sites excluding steroid dienone is 1. The lowest BCUT2D eigenvalue weighted by molar-refractivity contribution is -0.164. The smallest absolute Gasteiger partial charge is 0.313 e. The number of fused-ring (bicyclic) bond motifs is 2. The fourth-order valence-corrected chi connectivity index (χ4v) is 7.15. The molecular formula is C34H45N3O7. The Kier molecular flexibility index (Phi) is 9.60. The van der Waals surface area contributed by atoms with Gasteiger partial charge in [0.05, 0.1) is 18.1 Å². The molecule has 1 aromatic rings. The van der Waals surface area contributed by atoms with Gasteiger partial charge in [0.15, 0.2) is 0 Å². The van der Waals surface area contributed by atoms with Crippen molar-refractivity contribution < 1.29 is 33.8 Å². The Morgan fingerprint density at radius 1 is 1.02 bits per heavy atom. The quantitative estimate of drug-likeness (QED) is 0.288. The van der Waals surface area contributed by atoms with E-state index in [1.807, 2.05) is 69.3 Å². The first-order valence-corrected chi connectivity index (χ1v) is 15.9. The largest absolute Gasteiger partial charge is 0.455 e. The van der Waals surface area contributed by atoms with Crippen molar-refractivity contribution in [2.24, 2.45) is 11.8 Å². The summed E-state index contributed by atoms with van der Waals surface area (Å²) in [6, 6.07) is 7.73. The zero-order valence-corrected chi connectivity index (χ0v) is 26.1. The molecular weight excluding hydrogens is 562 g/mol. The van der Waals surface area contributed by atoms with E-state index < -0.39 is 47.7 Å². The second-order valence-corrected chi connectivity index (χ2v) is 12.6. The van der Waals surface area contributed by atoms with Gasteiger partial charge in [-0.25, -0.2) is 0 Å². The minimum Gasteiger partial charge on any atom is -0.455 e. The van der Waals surface area contributed by atoms with Gasteiger partial charge in [-0.15, -0.1) is 0 Å². The molecule has 4 heterocycles. The number of aliphatic hydroxyl groups is 1. The van der Waals surface area contributed by atoms with Gasteiger partial charge in [0.2, 0.25) is 17.7 Å². The molecule has 0 aliphatic carbocycles. The predicted molar refractivity (Wildman–Crippen MR) is 163 cm³/mol. The van der Waals surface area contributed by atoms with Gasteiger partial charge in [0.25, 0.3) is 0 Å². The first kappa shape index (κ1) is 31.9. The van der Waals surface area contributed by atoms with Crippen LogP contribution in [0.1, 0.15) is 64.5 Å². The van der Waals surface area contributed by atoms with E-state index in [2.05, 4.69) is 0 Å². The van der Waals surface area contributed by atoms with E-state index in [1.165, 1.54) is 0 Å². The van der Waals surface area contributed by atoms with E-state index in [-0.39, 0.29) is 36.8 Å². The van der Waals surface area contributed by atoms with Crippen molar-refractivity contribution in [3.05, 3.63) is 60.2 Å². The van der Waals surface area contributed by atoms with Crippen LogP contribution in [0, 0.1) is 11.8 Å².